The first-order valence-electron chi connectivity index (χ1n) is 4.01. The van der Waals surface area contributed by atoms with E-state index >= 15 is 0 Å². The predicted octanol–water partition coefficient (Wildman–Crippen LogP) is 3.94. The number of hydrogen-bond acceptors (Lipinski definition) is 1. The summed E-state index contributed by atoms with van der Waals surface area (Å²) in [5, 5.41) is 0.590. The lowest BCUT2D eigenvalue weighted by Gasteiger charge is -2.06. The Bertz CT molecular complexity index is 334. The Balaban J connectivity index is 3.13. The molecule has 1 rings (SSSR count). The van der Waals surface area contributed by atoms with E-state index in [0.29, 0.717) is 10.6 Å². The van der Waals surface area contributed by atoms with E-state index in [9.17, 15) is 4.79 Å². The number of Topliss-reactive ketones (excluding diaryl/α,β-unsaturated/α-hetero) is 1. The Hall–Kier alpha value is -0.340. The summed E-state index contributed by atoms with van der Waals surface area (Å²) in [7, 11) is 0. The quantitative estimate of drug-likeness (QED) is 0.737. The Morgan fingerprint density at radius 2 is 2.08 bits per heavy atom. The summed E-state index contributed by atoms with van der Waals surface area (Å²) in [4.78, 5) is 11.6. The van der Waals surface area contributed by atoms with Gasteiger partial charge >= 0.3 is 0 Å². The van der Waals surface area contributed by atoms with Crippen LogP contribution in [-0.4, -0.2) is 5.78 Å². The highest BCUT2D eigenvalue weighted by molar-refractivity contribution is 9.10. The second-order valence-corrected chi connectivity index (χ2v) is 4.43. The van der Waals surface area contributed by atoms with Crippen molar-refractivity contribution in [2.75, 3.05) is 0 Å². The maximum atomic E-state index is 11.6. The minimum atomic E-state index is -0.00485. The monoisotopic (exact) mass is 260 g/mol. The third kappa shape index (κ3) is 2.55. The lowest BCUT2D eigenvalue weighted by Crippen LogP contribution is -2.07. The minimum absolute atomic E-state index is 0.00485. The molecular formula is C10H10BrClO. The van der Waals surface area contributed by atoms with E-state index in [0.717, 1.165) is 4.47 Å². The molecule has 0 radical (unpaired) electrons. The first-order valence-corrected chi connectivity index (χ1v) is 5.18. The number of ketones is 1. The van der Waals surface area contributed by atoms with E-state index in [1.54, 1.807) is 18.2 Å². The van der Waals surface area contributed by atoms with Gasteiger partial charge in [-0.25, -0.2) is 0 Å². The topological polar surface area (TPSA) is 17.1 Å². The van der Waals surface area contributed by atoms with Crippen LogP contribution in [0.5, 0.6) is 0 Å². The fourth-order valence-electron chi connectivity index (χ4n) is 0.997. The molecule has 0 bridgehead atoms. The molecule has 0 amide bonds. The predicted molar refractivity (Wildman–Crippen MR) is 58.3 cm³/mol. The van der Waals surface area contributed by atoms with Gasteiger partial charge in [0, 0.05) is 21.0 Å². The van der Waals surface area contributed by atoms with Crippen molar-refractivity contribution in [3.63, 3.8) is 0 Å². The highest BCUT2D eigenvalue weighted by atomic mass is 79.9. The van der Waals surface area contributed by atoms with E-state index in [2.05, 4.69) is 15.9 Å². The van der Waals surface area contributed by atoms with E-state index in [1.807, 2.05) is 13.8 Å². The zero-order valence-corrected chi connectivity index (χ0v) is 9.82. The molecule has 0 aliphatic carbocycles. The maximum absolute atomic E-state index is 11.6. The molecule has 0 saturated carbocycles. The van der Waals surface area contributed by atoms with Crippen LogP contribution in [0.4, 0.5) is 0 Å². The molecule has 0 N–H and O–H groups in total. The summed E-state index contributed by atoms with van der Waals surface area (Å²) in [5.74, 6) is 0.101. The van der Waals surface area contributed by atoms with Crippen LogP contribution < -0.4 is 0 Å². The maximum Gasteiger partial charge on any atom is 0.166 e. The summed E-state index contributed by atoms with van der Waals surface area (Å²) in [6, 6.07) is 5.23. The molecule has 13 heavy (non-hydrogen) atoms. The van der Waals surface area contributed by atoms with E-state index in [4.69, 9.17) is 11.6 Å². The smallest absolute Gasteiger partial charge is 0.166 e. The summed E-state index contributed by atoms with van der Waals surface area (Å²) < 4.78 is 0.801. The average molecular weight is 262 g/mol. The molecule has 0 unspecified atom stereocenters. The largest absolute Gasteiger partial charge is 0.294 e. The normalized spacial score (nSPS) is 10.5. The third-order valence-electron chi connectivity index (χ3n) is 1.72. The van der Waals surface area contributed by atoms with Crippen molar-refractivity contribution >= 4 is 33.3 Å². The highest BCUT2D eigenvalue weighted by Gasteiger charge is 2.13. The number of carbonyl (C=O) groups excluding carboxylic acids is 1. The SMILES string of the molecule is CC(C)C(=O)c1cc(Cl)ccc1Br. The number of halogens is 2. The molecule has 1 aromatic carbocycles. The van der Waals surface area contributed by atoms with Crippen molar-refractivity contribution in [2.45, 2.75) is 13.8 Å². The van der Waals surface area contributed by atoms with Crippen LogP contribution in [0.3, 0.4) is 0 Å². The fraction of sp³-hybridized carbons (Fsp3) is 0.300. The molecular weight excluding hydrogens is 251 g/mol. The first kappa shape index (κ1) is 10.7. The van der Waals surface area contributed by atoms with Gasteiger partial charge in [-0.2, -0.15) is 0 Å². The van der Waals surface area contributed by atoms with Gasteiger partial charge in [0.05, 0.1) is 0 Å². The molecule has 0 saturated heterocycles. The number of rotatable bonds is 2. The van der Waals surface area contributed by atoms with Gasteiger partial charge in [0.15, 0.2) is 5.78 Å². The molecule has 0 aliphatic rings. The fourth-order valence-corrected chi connectivity index (χ4v) is 1.61. The Kier molecular flexibility index (Phi) is 3.51. The van der Waals surface area contributed by atoms with Gasteiger partial charge in [-0.05, 0) is 18.2 Å². The number of carbonyl (C=O) groups is 1. The van der Waals surface area contributed by atoms with Crippen LogP contribution in [0.2, 0.25) is 5.02 Å². The van der Waals surface area contributed by atoms with Crippen molar-refractivity contribution in [2.24, 2.45) is 5.92 Å². The molecule has 0 spiro atoms. The summed E-state index contributed by atoms with van der Waals surface area (Å²) >= 11 is 9.11. The zero-order chi connectivity index (χ0) is 10.0. The lowest BCUT2D eigenvalue weighted by atomic mass is 10.0. The first-order chi connectivity index (χ1) is 6.02. The van der Waals surface area contributed by atoms with Gasteiger partial charge in [0.2, 0.25) is 0 Å². The third-order valence-corrected chi connectivity index (χ3v) is 2.64. The van der Waals surface area contributed by atoms with Gasteiger partial charge in [-0.3, -0.25) is 4.79 Å². The molecule has 0 heterocycles. The van der Waals surface area contributed by atoms with Gasteiger partial charge in [-0.15, -0.1) is 0 Å². The standard InChI is InChI=1S/C10H10BrClO/c1-6(2)10(13)8-5-7(12)3-4-9(8)11/h3-6H,1-2H3. The Morgan fingerprint density at radius 1 is 1.46 bits per heavy atom. The van der Waals surface area contributed by atoms with Gasteiger partial charge in [-0.1, -0.05) is 41.4 Å². The van der Waals surface area contributed by atoms with E-state index in [1.165, 1.54) is 0 Å². The van der Waals surface area contributed by atoms with Crippen LogP contribution in [0.1, 0.15) is 24.2 Å². The molecule has 0 fully saturated rings. The Labute approximate surface area is 91.2 Å². The van der Waals surface area contributed by atoms with Gasteiger partial charge < -0.3 is 0 Å². The Morgan fingerprint density at radius 3 is 2.62 bits per heavy atom. The van der Waals surface area contributed by atoms with Crippen molar-refractivity contribution in [3.05, 3.63) is 33.3 Å². The molecule has 1 nitrogen and oxygen atoms in total. The van der Waals surface area contributed by atoms with Crippen molar-refractivity contribution < 1.29 is 4.79 Å². The molecule has 0 aromatic heterocycles. The van der Waals surface area contributed by atoms with Crippen LogP contribution in [-0.2, 0) is 0 Å². The van der Waals surface area contributed by atoms with Crippen LogP contribution >= 0.6 is 27.5 Å². The van der Waals surface area contributed by atoms with E-state index < -0.39 is 0 Å². The molecule has 0 aliphatic heterocycles. The van der Waals surface area contributed by atoms with Crippen LogP contribution in [0, 0.1) is 5.92 Å². The van der Waals surface area contributed by atoms with Crippen molar-refractivity contribution in [1.82, 2.24) is 0 Å². The van der Waals surface area contributed by atoms with Crippen molar-refractivity contribution in [3.8, 4) is 0 Å². The minimum Gasteiger partial charge on any atom is -0.294 e. The van der Waals surface area contributed by atoms with Gasteiger partial charge in [0.25, 0.3) is 0 Å². The second-order valence-electron chi connectivity index (χ2n) is 3.14. The van der Waals surface area contributed by atoms with Crippen LogP contribution in [0.25, 0.3) is 0 Å². The van der Waals surface area contributed by atoms with E-state index in [-0.39, 0.29) is 11.7 Å². The lowest BCUT2D eigenvalue weighted by molar-refractivity contribution is 0.0938. The summed E-state index contributed by atoms with van der Waals surface area (Å²) in [6.07, 6.45) is 0. The molecule has 1 aromatic rings. The molecule has 0 atom stereocenters. The second kappa shape index (κ2) is 4.25. The average Bonchev–Trinajstić information content (AvgIpc) is 2.08. The summed E-state index contributed by atoms with van der Waals surface area (Å²) in [6.45, 7) is 3.74. The highest BCUT2D eigenvalue weighted by Crippen LogP contribution is 2.23. The number of hydrogen-bond donors (Lipinski definition) is 0. The van der Waals surface area contributed by atoms with Gasteiger partial charge in [0.1, 0.15) is 0 Å². The van der Waals surface area contributed by atoms with Crippen molar-refractivity contribution in [1.29, 1.82) is 0 Å². The number of benzene rings is 1. The summed E-state index contributed by atoms with van der Waals surface area (Å²) in [5.41, 5.74) is 0.655. The zero-order valence-electron chi connectivity index (χ0n) is 7.47. The molecule has 70 valence electrons. The van der Waals surface area contributed by atoms with Crippen LogP contribution in [0.15, 0.2) is 22.7 Å². The molecule has 3 heteroatoms.